The highest BCUT2D eigenvalue weighted by Crippen LogP contribution is 2.35. The number of anilines is 1. The second-order valence-electron chi connectivity index (χ2n) is 7.65. The van der Waals surface area contributed by atoms with Crippen LogP contribution in [0.1, 0.15) is 61.4 Å². The van der Waals surface area contributed by atoms with E-state index in [4.69, 9.17) is 0 Å². The van der Waals surface area contributed by atoms with Crippen LogP contribution in [0.4, 0.5) is 19.0 Å². The Bertz CT molecular complexity index is 901. The molecule has 5 nitrogen and oxygen atoms in total. The Morgan fingerprint density at radius 2 is 1.86 bits per heavy atom. The van der Waals surface area contributed by atoms with Gasteiger partial charge < -0.3 is 5.32 Å². The summed E-state index contributed by atoms with van der Waals surface area (Å²) in [5.41, 5.74) is 1.28. The van der Waals surface area contributed by atoms with Crippen LogP contribution in [0.15, 0.2) is 29.2 Å². The number of alkyl halides is 3. The van der Waals surface area contributed by atoms with E-state index in [9.17, 15) is 18.0 Å². The number of hydrogen-bond donors (Lipinski definition) is 1. The van der Waals surface area contributed by atoms with Crippen molar-refractivity contribution in [1.29, 1.82) is 0 Å². The molecule has 0 aliphatic heterocycles. The van der Waals surface area contributed by atoms with E-state index in [0.29, 0.717) is 25.7 Å². The Balaban J connectivity index is 1.44. The number of halogens is 3. The van der Waals surface area contributed by atoms with Crippen molar-refractivity contribution in [2.45, 2.75) is 69.6 Å². The first kappa shape index (κ1) is 19.0. The van der Waals surface area contributed by atoms with Crippen molar-refractivity contribution < 1.29 is 13.2 Å². The fraction of sp³-hybridized carbons (Fsp3) is 0.550. The maximum atomic E-state index is 13.1. The minimum atomic E-state index is -4.44. The first-order valence-electron chi connectivity index (χ1n) is 9.82. The molecular weight excluding hydrogens is 369 g/mol. The molecule has 1 fully saturated rings. The highest BCUT2D eigenvalue weighted by molar-refractivity contribution is 5.46. The molecular formula is C20H23F3N4O. The lowest BCUT2D eigenvalue weighted by molar-refractivity contribution is -0.137. The molecule has 8 heteroatoms. The lowest BCUT2D eigenvalue weighted by Crippen LogP contribution is -2.35. The van der Waals surface area contributed by atoms with Gasteiger partial charge in [0.05, 0.1) is 17.3 Å². The van der Waals surface area contributed by atoms with Crippen LogP contribution in [0.25, 0.3) is 0 Å². The molecule has 150 valence electrons. The van der Waals surface area contributed by atoms with E-state index in [1.54, 1.807) is 10.7 Å². The van der Waals surface area contributed by atoms with Gasteiger partial charge in [-0.05, 0) is 69.1 Å². The molecule has 2 aromatic rings. The Labute approximate surface area is 161 Å². The van der Waals surface area contributed by atoms with Crippen LogP contribution in [0.3, 0.4) is 0 Å². The molecule has 4 rings (SSSR count). The van der Waals surface area contributed by atoms with Gasteiger partial charge in [0, 0.05) is 18.3 Å². The van der Waals surface area contributed by atoms with Crippen LogP contribution in [0.5, 0.6) is 0 Å². The SMILES string of the molecule is O=c1cc2c(nn1C1CCC(Nc3ncccc3C(F)(F)F)CC1)CCCC2. The van der Waals surface area contributed by atoms with Crippen molar-refractivity contribution in [3.05, 3.63) is 51.6 Å². The maximum absolute atomic E-state index is 13.1. The van der Waals surface area contributed by atoms with Gasteiger partial charge in [0.15, 0.2) is 0 Å². The predicted octanol–water partition coefficient (Wildman–Crippen LogP) is 4.13. The van der Waals surface area contributed by atoms with E-state index in [1.165, 1.54) is 12.3 Å². The quantitative estimate of drug-likeness (QED) is 0.853. The summed E-state index contributed by atoms with van der Waals surface area (Å²) < 4.78 is 41.0. The second kappa shape index (κ2) is 7.56. The fourth-order valence-electron chi connectivity index (χ4n) is 4.25. The Morgan fingerprint density at radius 1 is 1.11 bits per heavy atom. The minimum absolute atomic E-state index is 0.00333. The normalized spacial score (nSPS) is 22.5. The molecule has 0 bridgehead atoms. The predicted molar refractivity (Wildman–Crippen MR) is 99.3 cm³/mol. The van der Waals surface area contributed by atoms with Crippen molar-refractivity contribution in [2.75, 3.05) is 5.32 Å². The molecule has 0 spiro atoms. The third-order valence-electron chi connectivity index (χ3n) is 5.73. The average Bonchev–Trinajstić information content (AvgIpc) is 2.68. The molecule has 0 saturated heterocycles. The van der Waals surface area contributed by atoms with E-state index in [-0.39, 0.29) is 23.5 Å². The number of pyridine rings is 1. The standard InChI is InChI=1S/C20H23F3N4O/c21-20(22,23)16-5-3-11-24-19(16)25-14-7-9-15(10-8-14)27-18(28)12-13-4-1-2-6-17(13)26-27/h3,5,11-12,14-15H,1-2,4,6-10H2,(H,24,25). The highest BCUT2D eigenvalue weighted by atomic mass is 19.4. The van der Waals surface area contributed by atoms with Crippen molar-refractivity contribution in [2.24, 2.45) is 0 Å². The summed E-state index contributed by atoms with van der Waals surface area (Å²) in [5, 5.41) is 7.57. The topological polar surface area (TPSA) is 59.8 Å². The summed E-state index contributed by atoms with van der Waals surface area (Å²) >= 11 is 0. The largest absolute Gasteiger partial charge is 0.419 e. The molecule has 0 radical (unpaired) electrons. The van der Waals surface area contributed by atoms with Gasteiger partial charge in [0.25, 0.3) is 5.56 Å². The number of aromatic nitrogens is 3. The molecule has 0 unspecified atom stereocenters. The molecule has 0 atom stereocenters. The lowest BCUT2D eigenvalue weighted by Gasteiger charge is -2.31. The summed E-state index contributed by atoms with van der Waals surface area (Å²) in [6, 6.07) is 3.95. The van der Waals surface area contributed by atoms with Crippen LogP contribution >= 0.6 is 0 Å². The monoisotopic (exact) mass is 392 g/mol. The van der Waals surface area contributed by atoms with Gasteiger partial charge in [0.2, 0.25) is 0 Å². The van der Waals surface area contributed by atoms with Crippen LogP contribution in [0, 0.1) is 0 Å². The Kier molecular flexibility index (Phi) is 5.12. The molecule has 28 heavy (non-hydrogen) atoms. The zero-order valence-electron chi connectivity index (χ0n) is 15.5. The van der Waals surface area contributed by atoms with Gasteiger partial charge in [-0.15, -0.1) is 0 Å². The maximum Gasteiger partial charge on any atom is 0.419 e. The van der Waals surface area contributed by atoms with E-state index >= 15 is 0 Å². The average molecular weight is 392 g/mol. The van der Waals surface area contributed by atoms with E-state index in [1.807, 2.05) is 0 Å². The van der Waals surface area contributed by atoms with Gasteiger partial charge in [-0.25, -0.2) is 9.67 Å². The molecule has 0 aromatic carbocycles. The lowest BCUT2D eigenvalue weighted by atomic mass is 9.90. The first-order valence-corrected chi connectivity index (χ1v) is 9.82. The summed E-state index contributed by atoms with van der Waals surface area (Å²) in [4.78, 5) is 16.3. The highest BCUT2D eigenvalue weighted by Gasteiger charge is 2.35. The Hall–Kier alpha value is -2.38. The third-order valence-corrected chi connectivity index (χ3v) is 5.73. The number of rotatable bonds is 3. The van der Waals surface area contributed by atoms with Gasteiger partial charge in [-0.3, -0.25) is 4.79 Å². The number of nitrogens with one attached hydrogen (secondary N) is 1. The molecule has 2 aliphatic carbocycles. The third kappa shape index (κ3) is 3.91. The van der Waals surface area contributed by atoms with Crippen LogP contribution < -0.4 is 10.9 Å². The van der Waals surface area contributed by atoms with E-state index < -0.39 is 11.7 Å². The molecule has 2 aromatic heterocycles. The van der Waals surface area contributed by atoms with Crippen molar-refractivity contribution in [3.63, 3.8) is 0 Å². The van der Waals surface area contributed by atoms with Crippen LogP contribution in [0.2, 0.25) is 0 Å². The van der Waals surface area contributed by atoms with Gasteiger partial charge in [-0.1, -0.05) is 0 Å². The number of fused-ring (bicyclic) bond motifs is 1. The van der Waals surface area contributed by atoms with Gasteiger partial charge in [-0.2, -0.15) is 18.3 Å². The number of nitrogens with zero attached hydrogens (tertiary/aromatic N) is 3. The van der Waals surface area contributed by atoms with Gasteiger partial charge in [0.1, 0.15) is 5.82 Å². The second-order valence-corrected chi connectivity index (χ2v) is 7.65. The van der Waals surface area contributed by atoms with Crippen LogP contribution in [-0.2, 0) is 19.0 Å². The minimum Gasteiger partial charge on any atom is -0.367 e. The molecule has 1 N–H and O–H groups in total. The number of aryl methyl sites for hydroxylation is 2. The zero-order valence-corrected chi connectivity index (χ0v) is 15.5. The Morgan fingerprint density at radius 3 is 2.61 bits per heavy atom. The fourth-order valence-corrected chi connectivity index (χ4v) is 4.25. The van der Waals surface area contributed by atoms with Crippen molar-refractivity contribution in [3.8, 4) is 0 Å². The van der Waals surface area contributed by atoms with Gasteiger partial charge >= 0.3 is 6.18 Å². The first-order chi connectivity index (χ1) is 13.4. The summed E-state index contributed by atoms with van der Waals surface area (Å²) in [7, 11) is 0. The summed E-state index contributed by atoms with van der Waals surface area (Å²) in [6.45, 7) is 0. The smallest absolute Gasteiger partial charge is 0.367 e. The molecule has 2 heterocycles. The summed E-state index contributed by atoms with van der Waals surface area (Å²) in [5.74, 6) is -0.123. The van der Waals surface area contributed by atoms with Crippen LogP contribution in [-0.4, -0.2) is 20.8 Å². The molecule has 2 aliphatic rings. The molecule has 0 amide bonds. The van der Waals surface area contributed by atoms with Crippen molar-refractivity contribution >= 4 is 5.82 Å². The summed E-state index contributed by atoms with van der Waals surface area (Å²) in [6.07, 6.45) is 3.70. The van der Waals surface area contributed by atoms with E-state index in [0.717, 1.165) is 43.0 Å². The zero-order chi connectivity index (χ0) is 19.7. The molecule has 1 saturated carbocycles. The van der Waals surface area contributed by atoms with E-state index in [2.05, 4.69) is 15.4 Å². The van der Waals surface area contributed by atoms with Crippen molar-refractivity contribution in [1.82, 2.24) is 14.8 Å². The number of hydrogen-bond acceptors (Lipinski definition) is 4.